The highest BCUT2D eigenvalue weighted by atomic mass is 32.2. The van der Waals surface area contributed by atoms with E-state index in [-0.39, 0.29) is 5.60 Å². The van der Waals surface area contributed by atoms with Crippen LogP contribution in [-0.2, 0) is 4.74 Å². The van der Waals surface area contributed by atoms with Gasteiger partial charge in [-0.2, -0.15) is 0 Å². The number of ether oxygens (including phenoxy) is 1. The van der Waals surface area contributed by atoms with Crippen molar-refractivity contribution in [1.82, 2.24) is 0 Å². The summed E-state index contributed by atoms with van der Waals surface area (Å²) in [6.45, 7) is 8.59. The minimum Gasteiger partial charge on any atom is -0.481 e. The lowest BCUT2D eigenvalue weighted by atomic mass is 9.73. The summed E-state index contributed by atoms with van der Waals surface area (Å²) in [5.74, 6) is 2.70. The lowest BCUT2D eigenvalue weighted by Gasteiger charge is -2.42. The van der Waals surface area contributed by atoms with Crippen molar-refractivity contribution in [3.05, 3.63) is 11.7 Å². The highest BCUT2D eigenvalue weighted by Crippen LogP contribution is 2.55. The molecule has 3 unspecified atom stereocenters. The van der Waals surface area contributed by atoms with E-state index in [0.717, 1.165) is 35.7 Å². The molecule has 0 N–H and O–H groups in total. The first-order valence-electron chi connectivity index (χ1n) is 7.07. The second kappa shape index (κ2) is 5.26. The van der Waals surface area contributed by atoms with E-state index < -0.39 is 0 Å². The SMILES string of the molecule is C=C(OC(CC)(CC)C1CC2CCC1C2)SC. The van der Waals surface area contributed by atoms with Gasteiger partial charge in [0, 0.05) is 5.92 Å². The fourth-order valence-corrected chi connectivity index (χ4v) is 4.40. The molecule has 2 bridgehead atoms. The van der Waals surface area contributed by atoms with E-state index in [1.807, 2.05) is 0 Å². The first kappa shape index (κ1) is 13.3. The monoisotopic (exact) mass is 254 g/mol. The van der Waals surface area contributed by atoms with Gasteiger partial charge < -0.3 is 4.74 Å². The predicted octanol–water partition coefficient (Wildman–Crippen LogP) is 4.83. The van der Waals surface area contributed by atoms with Gasteiger partial charge in [0.1, 0.15) is 10.7 Å². The zero-order valence-electron chi connectivity index (χ0n) is 11.5. The molecule has 0 amide bonds. The molecule has 0 aliphatic heterocycles. The number of rotatable bonds is 6. The fraction of sp³-hybridized carbons (Fsp3) is 0.867. The van der Waals surface area contributed by atoms with Crippen LogP contribution in [-0.4, -0.2) is 11.9 Å². The van der Waals surface area contributed by atoms with E-state index >= 15 is 0 Å². The largest absolute Gasteiger partial charge is 0.481 e. The van der Waals surface area contributed by atoms with Crippen LogP contribution in [0, 0.1) is 17.8 Å². The molecule has 0 saturated heterocycles. The van der Waals surface area contributed by atoms with Crippen LogP contribution in [0.15, 0.2) is 11.7 Å². The standard InChI is InChI=1S/C15H26OS/c1-5-15(6-2,16-11(3)17-4)14-10-12-7-8-13(14)9-12/h12-14H,3,5-10H2,1-2,4H3. The van der Waals surface area contributed by atoms with Crippen LogP contribution in [0.2, 0.25) is 0 Å². The van der Waals surface area contributed by atoms with E-state index in [1.54, 1.807) is 11.8 Å². The number of hydrogen-bond acceptors (Lipinski definition) is 2. The molecule has 2 saturated carbocycles. The van der Waals surface area contributed by atoms with Crippen LogP contribution in [0.5, 0.6) is 0 Å². The van der Waals surface area contributed by atoms with Gasteiger partial charge in [0.25, 0.3) is 0 Å². The third-order valence-electron chi connectivity index (χ3n) is 5.16. The quantitative estimate of drug-likeness (QED) is 0.628. The Balaban J connectivity index is 2.13. The van der Waals surface area contributed by atoms with E-state index in [9.17, 15) is 0 Å². The van der Waals surface area contributed by atoms with Crippen molar-refractivity contribution in [1.29, 1.82) is 0 Å². The average Bonchev–Trinajstić information content (AvgIpc) is 2.98. The summed E-state index contributed by atoms with van der Waals surface area (Å²) in [6.07, 6.45) is 10.1. The Kier molecular flexibility index (Phi) is 4.12. The zero-order valence-corrected chi connectivity index (χ0v) is 12.3. The molecule has 0 heterocycles. The lowest BCUT2D eigenvalue weighted by Crippen LogP contribution is -2.42. The summed E-state index contributed by atoms with van der Waals surface area (Å²) in [7, 11) is 0. The maximum Gasteiger partial charge on any atom is 0.146 e. The molecule has 2 aliphatic carbocycles. The van der Waals surface area contributed by atoms with Crippen molar-refractivity contribution < 1.29 is 4.74 Å². The Bertz CT molecular complexity index is 283. The smallest absolute Gasteiger partial charge is 0.146 e. The van der Waals surface area contributed by atoms with Gasteiger partial charge in [0.15, 0.2) is 0 Å². The van der Waals surface area contributed by atoms with Crippen molar-refractivity contribution in [2.24, 2.45) is 17.8 Å². The Morgan fingerprint density at radius 1 is 1.29 bits per heavy atom. The summed E-state index contributed by atoms with van der Waals surface area (Å²) in [5, 5.41) is 0.900. The Hall–Kier alpha value is -0.110. The maximum absolute atomic E-state index is 6.29. The minimum absolute atomic E-state index is 0.0694. The van der Waals surface area contributed by atoms with E-state index in [2.05, 4.69) is 26.7 Å². The maximum atomic E-state index is 6.29. The van der Waals surface area contributed by atoms with Gasteiger partial charge in [-0.05, 0) is 56.8 Å². The molecule has 0 aromatic carbocycles. The molecule has 0 radical (unpaired) electrons. The van der Waals surface area contributed by atoms with Gasteiger partial charge in [-0.1, -0.05) is 32.0 Å². The van der Waals surface area contributed by atoms with Crippen LogP contribution in [0.4, 0.5) is 0 Å². The van der Waals surface area contributed by atoms with Crippen molar-refractivity contribution in [2.75, 3.05) is 6.26 Å². The molecule has 0 aromatic heterocycles. The Labute approximate surface area is 110 Å². The van der Waals surface area contributed by atoms with Crippen molar-refractivity contribution in [2.45, 2.75) is 58.0 Å². The summed E-state index contributed by atoms with van der Waals surface area (Å²) in [6, 6.07) is 0. The lowest BCUT2D eigenvalue weighted by molar-refractivity contribution is -0.0621. The van der Waals surface area contributed by atoms with Crippen LogP contribution in [0.3, 0.4) is 0 Å². The Morgan fingerprint density at radius 3 is 2.41 bits per heavy atom. The fourth-order valence-electron chi connectivity index (χ4n) is 4.15. The molecular formula is C15H26OS. The van der Waals surface area contributed by atoms with Crippen molar-refractivity contribution in [3.8, 4) is 0 Å². The normalized spacial score (nSPS) is 31.8. The van der Waals surface area contributed by atoms with E-state index in [1.165, 1.54) is 25.7 Å². The average molecular weight is 254 g/mol. The summed E-state index contributed by atoms with van der Waals surface area (Å²) < 4.78 is 6.29. The molecule has 0 aromatic rings. The number of hydrogen-bond donors (Lipinski definition) is 0. The zero-order chi connectivity index (χ0) is 12.5. The highest BCUT2D eigenvalue weighted by molar-refractivity contribution is 8.02. The van der Waals surface area contributed by atoms with Gasteiger partial charge in [-0.25, -0.2) is 0 Å². The molecule has 1 nitrogen and oxygen atoms in total. The van der Waals surface area contributed by atoms with Gasteiger partial charge in [0.2, 0.25) is 0 Å². The minimum atomic E-state index is 0.0694. The molecule has 3 atom stereocenters. The summed E-state index contributed by atoms with van der Waals surface area (Å²) in [5.41, 5.74) is 0.0694. The molecule has 17 heavy (non-hydrogen) atoms. The molecule has 0 spiro atoms. The first-order valence-corrected chi connectivity index (χ1v) is 8.29. The first-order chi connectivity index (χ1) is 8.15. The van der Waals surface area contributed by atoms with Gasteiger partial charge in [-0.15, -0.1) is 0 Å². The molecule has 2 heteroatoms. The van der Waals surface area contributed by atoms with Gasteiger partial charge in [-0.3, -0.25) is 0 Å². The van der Waals surface area contributed by atoms with Crippen molar-refractivity contribution >= 4 is 11.8 Å². The second-order valence-electron chi connectivity index (χ2n) is 5.73. The number of fused-ring (bicyclic) bond motifs is 2. The highest BCUT2D eigenvalue weighted by Gasteiger charge is 2.50. The van der Waals surface area contributed by atoms with Gasteiger partial charge in [0.05, 0.1) is 0 Å². The van der Waals surface area contributed by atoms with Crippen LogP contribution >= 0.6 is 11.8 Å². The third kappa shape index (κ3) is 2.38. The molecule has 2 rings (SSSR count). The third-order valence-corrected chi connectivity index (χ3v) is 5.69. The molecule has 2 fully saturated rings. The predicted molar refractivity (Wildman–Crippen MR) is 76.0 cm³/mol. The van der Waals surface area contributed by atoms with E-state index in [4.69, 9.17) is 4.74 Å². The summed E-state index contributed by atoms with van der Waals surface area (Å²) >= 11 is 1.64. The number of thioether (sulfide) groups is 1. The van der Waals surface area contributed by atoms with Crippen molar-refractivity contribution in [3.63, 3.8) is 0 Å². The van der Waals surface area contributed by atoms with Gasteiger partial charge >= 0.3 is 0 Å². The van der Waals surface area contributed by atoms with E-state index in [0.29, 0.717) is 0 Å². The Morgan fingerprint density at radius 2 is 2.00 bits per heavy atom. The van der Waals surface area contributed by atoms with Crippen LogP contribution < -0.4 is 0 Å². The summed E-state index contributed by atoms with van der Waals surface area (Å²) in [4.78, 5) is 0. The molecular weight excluding hydrogens is 228 g/mol. The topological polar surface area (TPSA) is 9.23 Å². The van der Waals surface area contributed by atoms with Crippen LogP contribution in [0.25, 0.3) is 0 Å². The second-order valence-corrected chi connectivity index (χ2v) is 6.60. The molecule has 2 aliphatic rings. The molecule has 98 valence electrons. The van der Waals surface area contributed by atoms with Crippen LogP contribution in [0.1, 0.15) is 52.4 Å².